The number of ketones is 1. The number of nitrogens with zero attached hydrogens (tertiary/aromatic N) is 1. The van der Waals surface area contributed by atoms with Gasteiger partial charge in [-0.1, -0.05) is 6.07 Å². The zero-order valence-corrected chi connectivity index (χ0v) is 10.9. The molecule has 0 saturated heterocycles. The zero-order valence-electron chi connectivity index (χ0n) is 10.9. The fourth-order valence-electron chi connectivity index (χ4n) is 2.25. The summed E-state index contributed by atoms with van der Waals surface area (Å²) in [5.74, 6) is -0.873. The van der Waals surface area contributed by atoms with Crippen LogP contribution in [0, 0.1) is 17.1 Å². The van der Waals surface area contributed by atoms with Gasteiger partial charge < -0.3 is 10.7 Å². The summed E-state index contributed by atoms with van der Waals surface area (Å²) in [5.41, 5.74) is 7.66. The fraction of sp³-hybridized carbons (Fsp3) is 0. The van der Waals surface area contributed by atoms with Crippen molar-refractivity contribution in [3.05, 3.63) is 65.1 Å². The third kappa shape index (κ3) is 2.13. The first kappa shape index (κ1) is 12.9. The minimum absolute atomic E-state index is 0.125. The van der Waals surface area contributed by atoms with E-state index in [4.69, 9.17) is 11.0 Å². The summed E-state index contributed by atoms with van der Waals surface area (Å²) in [7, 11) is 0. The maximum Gasteiger partial charge on any atom is 0.197 e. The van der Waals surface area contributed by atoms with E-state index in [0.29, 0.717) is 22.0 Å². The van der Waals surface area contributed by atoms with Gasteiger partial charge in [0.1, 0.15) is 5.82 Å². The molecule has 0 spiro atoms. The molecule has 0 saturated carbocycles. The van der Waals surface area contributed by atoms with E-state index in [2.05, 4.69) is 4.98 Å². The van der Waals surface area contributed by atoms with Gasteiger partial charge in [0.2, 0.25) is 0 Å². The summed E-state index contributed by atoms with van der Waals surface area (Å²) in [6, 6.07) is 10.7. The molecule has 0 unspecified atom stereocenters. The Hall–Kier alpha value is -3.13. The molecule has 0 aliphatic heterocycles. The second-order valence-corrected chi connectivity index (χ2v) is 4.64. The number of halogens is 1. The summed E-state index contributed by atoms with van der Waals surface area (Å²) in [4.78, 5) is 15.5. The summed E-state index contributed by atoms with van der Waals surface area (Å²) < 4.78 is 13.3. The van der Waals surface area contributed by atoms with Gasteiger partial charge in [-0.25, -0.2) is 4.39 Å². The third-order valence-electron chi connectivity index (χ3n) is 3.32. The number of benzene rings is 2. The number of H-pyrrole nitrogens is 1. The van der Waals surface area contributed by atoms with Crippen LogP contribution in [0.5, 0.6) is 0 Å². The third-order valence-corrected chi connectivity index (χ3v) is 3.32. The van der Waals surface area contributed by atoms with Crippen molar-refractivity contribution in [3.8, 4) is 6.07 Å². The van der Waals surface area contributed by atoms with Crippen molar-refractivity contribution in [2.75, 3.05) is 5.73 Å². The molecule has 21 heavy (non-hydrogen) atoms. The highest BCUT2D eigenvalue weighted by atomic mass is 19.1. The lowest BCUT2D eigenvalue weighted by Crippen LogP contribution is -2.05. The molecular weight excluding hydrogens is 269 g/mol. The van der Waals surface area contributed by atoms with Crippen molar-refractivity contribution in [3.63, 3.8) is 0 Å². The summed E-state index contributed by atoms with van der Waals surface area (Å²) in [5, 5.41) is 9.54. The molecule has 0 aliphatic rings. The quantitative estimate of drug-likeness (QED) is 0.558. The minimum Gasteiger partial charge on any atom is -0.398 e. The summed E-state index contributed by atoms with van der Waals surface area (Å²) >= 11 is 0. The Morgan fingerprint density at radius 3 is 2.76 bits per heavy atom. The topological polar surface area (TPSA) is 82.7 Å². The van der Waals surface area contributed by atoms with Gasteiger partial charge in [0.15, 0.2) is 5.78 Å². The molecule has 1 aromatic heterocycles. The summed E-state index contributed by atoms with van der Waals surface area (Å²) in [6.45, 7) is 0. The van der Waals surface area contributed by atoms with Gasteiger partial charge in [-0.05, 0) is 30.3 Å². The molecule has 3 rings (SSSR count). The number of fused-ring (bicyclic) bond motifs is 1. The maximum atomic E-state index is 13.3. The molecule has 102 valence electrons. The smallest absolute Gasteiger partial charge is 0.197 e. The second-order valence-electron chi connectivity index (χ2n) is 4.64. The van der Waals surface area contributed by atoms with Gasteiger partial charge in [-0.2, -0.15) is 5.26 Å². The lowest BCUT2D eigenvalue weighted by atomic mass is 10.0. The van der Waals surface area contributed by atoms with Crippen LogP contribution in [-0.2, 0) is 0 Å². The van der Waals surface area contributed by atoms with Crippen LogP contribution in [0.15, 0.2) is 42.6 Å². The van der Waals surface area contributed by atoms with Gasteiger partial charge in [0.25, 0.3) is 0 Å². The molecule has 0 fully saturated rings. The summed E-state index contributed by atoms with van der Waals surface area (Å²) in [6.07, 6.45) is 1.54. The van der Waals surface area contributed by atoms with E-state index >= 15 is 0 Å². The Morgan fingerprint density at radius 2 is 2.00 bits per heavy atom. The molecule has 0 aliphatic carbocycles. The van der Waals surface area contributed by atoms with E-state index in [1.54, 1.807) is 24.4 Å². The molecule has 4 nitrogen and oxygen atoms in total. The number of anilines is 1. The van der Waals surface area contributed by atoms with Crippen LogP contribution in [-0.4, -0.2) is 10.8 Å². The van der Waals surface area contributed by atoms with E-state index in [-0.39, 0.29) is 17.0 Å². The molecule has 5 heteroatoms. The first-order valence-corrected chi connectivity index (χ1v) is 6.21. The van der Waals surface area contributed by atoms with E-state index in [1.807, 2.05) is 6.07 Å². The molecule has 0 bridgehead atoms. The van der Waals surface area contributed by atoms with Crippen LogP contribution in [0.4, 0.5) is 10.1 Å². The first-order chi connectivity index (χ1) is 10.1. The highest BCUT2D eigenvalue weighted by Gasteiger charge is 2.17. The Kier molecular flexibility index (Phi) is 2.92. The lowest BCUT2D eigenvalue weighted by molar-refractivity contribution is 0.104. The van der Waals surface area contributed by atoms with Crippen molar-refractivity contribution >= 4 is 22.4 Å². The van der Waals surface area contributed by atoms with Crippen LogP contribution >= 0.6 is 0 Å². The predicted molar refractivity (Wildman–Crippen MR) is 77.3 cm³/mol. The number of hydrogen-bond acceptors (Lipinski definition) is 3. The molecule has 1 heterocycles. The van der Waals surface area contributed by atoms with Gasteiger partial charge in [0.05, 0.1) is 11.6 Å². The molecular formula is C16H10FN3O. The Bertz CT molecular complexity index is 906. The molecule has 0 amide bonds. The minimum atomic E-state index is -0.515. The number of hydrogen-bond donors (Lipinski definition) is 2. The fourth-order valence-corrected chi connectivity index (χ4v) is 2.25. The van der Waals surface area contributed by atoms with Gasteiger partial charge in [-0.15, -0.1) is 0 Å². The van der Waals surface area contributed by atoms with E-state index in [9.17, 15) is 9.18 Å². The standard InChI is InChI=1S/C16H10FN3O/c17-10-2-4-14(19)12(6-10)16(21)13-8-20-15-5-9(7-18)1-3-11(13)15/h1-6,8,20H,19H2. The second kappa shape index (κ2) is 4.76. The number of nitrogens with two attached hydrogens (primary N) is 1. The molecule has 3 N–H and O–H groups in total. The monoisotopic (exact) mass is 279 g/mol. The molecule has 2 aromatic carbocycles. The van der Waals surface area contributed by atoms with E-state index in [0.717, 1.165) is 6.07 Å². The van der Waals surface area contributed by atoms with Crippen molar-refractivity contribution in [1.82, 2.24) is 4.98 Å². The highest BCUT2D eigenvalue weighted by molar-refractivity contribution is 6.18. The van der Waals surface area contributed by atoms with Crippen LogP contribution < -0.4 is 5.73 Å². The number of carbonyl (C=O) groups excluding carboxylic acids is 1. The van der Waals surface area contributed by atoms with E-state index < -0.39 is 5.82 Å². The van der Waals surface area contributed by atoms with Crippen LogP contribution in [0.25, 0.3) is 10.9 Å². The number of carbonyl (C=O) groups is 1. The number of nitrogen functional groups attached to an aromatic ring is 1. The number of aromatic amines is 1. The molecule has 0 radical (unpaired) electrons. The van der Waals surface area contributed by atoms with Gasteiger partial charge >= 0.3 is 0 Å². The highest BCUT2D eigenvalue weighted by Crippen LogP contribution is 2.24. The Balaban J connectivity index is 2.14. The SMILES string of the molecule is N#Cc1ccc2c(C(=O)c3cc(F)ccc3N)c[nH]c2c1. The number of nitrogens with one attached hydrogen (secondary N) is 1. The lowest BCUT2D eigenvalue weighted by Gasteiger charge is -2.04. The van der Waals surface area contributed by atoms with Gasteiger partial charge in [0, 0.05) is 33.9 Å². The predicted octanol–water partition coefficient (Wildman–Crippen LogP) is 2.99. The van der Waals surface area contributed by atoms with Crippen molar-refractivity contribution < 1.29 is 9.18 Å². The Labute approximate surface area is 119 Å². The maximum absolute atomic E-state index is 13.3. The zero-order chi connectivity index (χ0) is 15.0. The van der Waals surface area contributed by atoms with Crippen LogP contribution in [0.3, 0.4) is 0 Å². The molecule has 3 aromatic rings. The normalized spacial score (nSPS) is 10.5. The molecule has 0 atom stereocenters. The van der Waals surface area contributed by atoms with Crippen molar-refractivity contribution in [2.24, 2.45) is 0 Å². The van der Waals surface area contributed by atoms with Crippen LogP contribution in [0.2, 0.25) is 0 Å². The number of aromatic nitrogens is 1. The van der Waals surface area contributed by atoms with E-state index in [1.165, 1.54) is 12.1 Å². The average molecular weight is 279 g/mol. The largest absolute Gasteiger partial charge is 0.398 e. The van der Waals surface area contributed by atoms with Crippen molar-refractivity contribution in [2.45, 2.75) is 0 Å². The number of nitriles is 1. The van der Waals surface area contributed by atoms with Crippen molar-refractivity contribution in [1.29, 1.82) is 5.26 Å². The van der Waals surface area contributed by atoms with Gasteiger partial charge in [-0.3, -0.25) is 4.79 Å². The first-order valence-electron chi connectivity index (χ1n) is 6.21. The Morgan fingerprint density at radius 1 is 1.19 bits per heavy atom. The van der Waals surface area contributed by atoms with Crippen LogP contribution in [0.1, 0.15) is 21.5 Å². The number of rotatable bonds is 2. The average Bonchev–Trinajstić information content (AvgIpc) is 2.91.